The Kier molecular flexibility index (Phi) is 8.34. The quantitative estimate of drug-likeness (QED) is 0.548. The number of piperidine rings is 1. The third-order valence-electron chi connectivity index (χ3n) is 8.29. The van der Waals surface area contributed by atoms with Gasteiger partial charge in [0, 0.05) is 68.4 Å². The number of hydrogen-bond donors (Lipinski definition) is 1. The summed E-state index contributed by atoms with van der Waals surface area (Å²) in [6.45, 7) is 14.7. The van der Waals surface area contributed by atoms with E-state index in [-0.39, 0.29) is 23.9 Å². The average molecular weight is 547 g/mol. The molecular weight excluding hydrogens is 504 g/mol. The molecule has 0 aliphatic carbocycles. The highest BCUT2D eigenvalue weighted by Crippen LogP contribution is 2.44. The number of carbonyl (C=O) groups is 3. The standard InChI is InChI=1S/C29H43ClN4O4/c1-27(2,3)24(35)31-28(4,5)25(36)34-13-10-29(11-14-34)20-23(38-26(29)37)9-12-32-15-17-33(18-16-32)22-8-6-7-21(30)19-22/h6-8,19,23H,9-18,20H2,1-5H3,(H,31,35)/t23-/m0/s1. The monoisotopic (exact) mass is 546 g/mol. The number of esters is 1. The van der Waals surface area contributed by atoms with Crippen LogP contribution < -0.4 is 10.2 Å². The van der Waals surface area contributed by atoms with Crippen LogP contribution in [0.25, 0.3) is 0 Å². The van der Waals surface area contributed by atoms with Crippen molar-refractivity contribution in [2.45, 2.75) is 71.9 Å². The van der Waals surface area contributed by atoms with Crippen molar-refractivity contribution in [3.05, 3.63) is 29.3 Å². The largest absolute Gasteiger partial charge is 0.462 e. The maximum atomic E-state index is 13.2. The van der Waals surface area contributed by atoms with E-state index >= 15 is 0 Å². The summed E-state index contributed by atoms with van der Waals surface area (Å²) >= 11 is 6.15. The minimum Gasteiger partial charge on any atom is -0.462 e. The van der Waals surface area contributed by atoms with Crippen LogP contribution in [0.4, 0.5) is 5.69 Å². The van der Waals surface area contributed by atoms with Gasteiger partial charge < -0.3 is 19.9 Å². The molecule has 0 bridgehead atoms. The summed E-state index contributed by atoms with van der Waals surface area (Å²) in [5.74, 6) is -0.372. The smallest absolute Gasteiger partial charge is 0.312 e. The minimum absolute atomic E-state index is 0.0711. The molecule has 1 atom stereocenters. The van der Waals surface area contributed by atoms with E-state index in [1.54, 1.807) is 18.7 Å². The van der Waals surface area contributed by atoms with Gasteiger partial charge in [-0.25, -0.2) is 0 Å². The van der Waals surface area contributed by atoms with E-state index in [0.717, 1.165) is 56.3 Å². The minimum atomic E-state index is -0.996. The first-order chi connectivity index (χ1) is 17.8. The van der Waals surface area contributed by atoms with Gasteiger partial charge in [-0.05, 0) is 51.3 Å². The fourth-order valence-electron chi connectivity index (χ4n) is 5.69. The lowest BCUT2D eigenvalue weighted by Gasteiger charge is -2.40. The number of benzene rings is 1. The fraction of sp³-hybridized carbons (Fsp3) is 0.690. The van der Waals surface area contributed by atoms with Crippen molar-refractivity contribution < 1.29 is 19.1 Å². The number of amides is 2. The lowest BCUT2D eigenvalue weighted by atomic mass is 9.75. The van der Waals surface area contributed by atoms with Crippen LogP contribution in [0.5, 0.6) is 0 Å². The SMILES string of the molecule is CC(C)(C)C(=O)NC(C)(C)C(=O)N1CCC2(CC1)C[C@H](CCN1CCN(c3cccc(Cl)c3)CC1)OC2=O. The first-order valence-corrected chi connectivity index (χ1v) is 14.2. The molecular formula is C29H43ClN4O4. The molecule has 3 saturated heterocycles. The molecule has 3 aliphatic rings. The summed E-state index contributed by atoms with van der Waals surface area (Å²) in [5.41, 5.74) is -0.903. The maximum absolute atomic E-state index is 13.2. The van der Waals surface area contributed by atoms with Crippen LogP contribution in [0.2, 0.25) is 5.02 Å². The van der Waals surface area contributed by atoms with Crippen LogP contribution in [-0.4, -0.2) is 85.0 Å². The molecule has 4 rings (SSSR count). The van der Waals surface area contributed by atoms with Gasteiger partial charge in [-0.15, -0.1) is 0 Å². The summed E-state index contributed by atoms with van der Waals surface area (Å²) in [6, 6.07) is 7.99. The summed E-state index contributed by atoms with van der Waals surface area (Å²) in [5, 5.41) is 3.65. The lowest BCUT2D eigenvalue weighted by molar-refractivity contribution is -0.153. The van der Waals surface area contributed by atoms with E-state index in [0.29, 0.717) is 25.9 Å². The van der Waals surface area contributed by atoms with Crippen molar-refractivity contribution in [3.63, 3.8) is 0 Å². The third-order valence-corrected chi connectivity index (χ3v) is 8.52. The number of piperazine rings is 1. The van der Waals surface area contributed by atoms with Gasteiger partial charge >= 0.3 is 5.97 Å². The summed E-state index contributed by atoms with van der Waals surface area (Å²) in [7, 11) is 0. The highest BCUT2D eigenvalue weighted by Gasteiger charge is 2.51. The molecule has 2 amide bonds. The number of likely N-dealkylation sites (tertiary alicyclic amines) is 1. The second-order valence-corrected chi connectivity index (χ2v) is 13.2. The Balaban J connectivity index is 1.23. The summed E-state index contributed by atoms with van der Waals surface area (Å²) in [6.07, 6.45) is 2.70. The van der Waals surface area contributed by atoms with Crippen molar-refractivity contribution in [2.24, 2.45) is 10.8 Å². The van der Waals surface area contributed by atoms with Gasteiger partial charge in [-0.2, -0.15) is 0 Å². The van der Waals surface area contributed by atoms with E-state index in [9.17, 15) is 14.4 Å². The predicted octanol–water partition coefficient (Wildman–Crippen LogP) is 3.72. The number of ether oxygens (including phenoxy) is 1. The highest BCUT2D eigenvalue weighted by atomic mass is 35.5. The van der Waals surface area contributed by atoms with E-state index in [4.69, 9.17) is 16.3 Å². The zero-order valence-corrected chi connectivity index (χ0v) is 24.3. The Morgan fingerprint density at radius 1 is 1.05 bits per heavy atom. The molecule has 0 saturated carbocycles. The number of nitrogens with one attached hydrogen (secondary N) is 1. The van der Waals surface area contributed by atoms with Gasteiger partial charge in [0.05, 0.1) is 5.41 Å². The molecule has 0 aromatic heterocycles. The number of anilines is 1. The zero-order chi connectivity index (χ0) is 27.7. The molecule has 38 heavy (non-hydrogen) atoms. The number of cyclic esters (lactones) is 1. The molecule has 1 aromatic rings. The van der Waals surface area contributed by atoms with E-state index < -0.39 is 16.4 Å². The summed E-state index contributed by atoms with van der Waals surface area (Å²) in [4.78, 5) is 45.2. The van der Waals surface area contributed by atoms with E-state index in [2.05, 4.69) is 21.2 Å². The van der Waals surface area contributed by atoms with Gasteiger partial charge in [0.1, 0.15) is 11.6 Å². The van der Waals surface area contributed by atoms with Gasteiger partial charge in [0.2, 0.25) is 11.8 Å². The molecule has 0 unspecified atom stereocenters. The van der Waals surface area contributed by atoms with Crippen LogP contribution in [0.3, 0.4) is 0 Å². The van der Waals surface area contributed by atoms with Crippen molar-refractivity contribution in [1.82, 2.24) is 15.1 Å². The average Bonchev–Trinajstić information content (AvgIpc) is 3.16. The fourth-order valence-corrected chi connectivity index (χ4v) is 5.88. The number of nitrogens with zero attached hydrogens (tertiary/aromatic N) is 3. The normalized spacial score (nSPS) is 22.5. The van der Waals surface area contributed by atoms with E-state index in [1.807, 2.05) is 39.0 Å². The number of hydrogen-bond acceptors (Lipinski definition) is 6. The van der Waals surface area contributed by atoms with Crippen molar-refractivity contribution >= 4 is 35.1 Å². The van der Waals surface area contributed by atoms with Crippen molar-refractivity contribution in [2.75, 3.05) is 50.7 Å². The molecule has 1 spiro atoms. The topological polar surface area (TPSA) is 82.2 Å². The molecule has 8 nitrogen and oxygen atoms in total. The highest BCUT2D eigenvalue weighted by molar-refractivity contribution is 6.30. The third kappa shape index (κ3) is 6.45. The lowest BCUT2D eigenvalue weighted by Crippen LogP contribution is -2.59. The Labute approximate surface area is 232 Å². The summed E-state index contributed by atoms with van der Waals surface area (Å²) < 4.78 is 5.85. The van der Waals surface area contributed by atoms with Crippen LogP contribution in [-0.2, 0) is 19.1 Å². The van der Waals surface area contributed by atoms with Crippen LogP contribution in [0.15, 0.2) is 24.3 Å². The Morgan fingerprint density at radius 2 is 1.71 bits per heavy atom. The maximum Gasteiger partial charge on any atom is 0.312 e. The van der Waals surface area contributed by atoms with Crippen LogP contribution >= 0.6 is 11.6 Å². The van der Waals surface area contributed by atoms with Crippen LogP contribution in [0, 0.1) is 10.8 Å². The molecule has 3 aliphatic heterocycles. The van der Waals surface area contributed by atoms with Gasteiger partial charge in [-0.1, -0.05) is 38.4 Å². The molecule has 210 valence electrons. The number of rotatable bonds is 6. The van der Waals surface area contributed by atoms with Gasteiger partial charge in [0.25, 0.3) is 0 Å². The second-order valence-electron chi connectivity index (χ2n) is 12.7. The number of halogens is 1. The second kappa shape index (κ2) is 11.0. The van der Waals surface area contributed by atoms with Gasteiger partial charge in [-0.3, -0.25) is 19.3 Å². The van der Waals surface area contributed by atoms with Gasteiger partial charge in [0.15, 0.2) is 0 Å². The predicted molar refractivity (Wildman–Crippen MR) is 149 cm³/mol. The zero-order valence-electron chi connectivity index (χ0n) is 23.5. The molecule has 0 radical (unpaired) electrons. The Bertz CT molecular complexity index is 1040. The Morgan fingerprint density at radius 3 is 2.32 bits per heavy atom. The van der Waals surface area contributed by atoms with E-state index in [1.165, 1.54) is 0 Å². The molecule has 1 N–H and O–H groups in total. The molecule has 1 aromatic carbocycles. The van der Waals surface area contributed by atoms with Crippen molar-refractivity contribution in [1.29, 1.82) is 0 Å². The molecule has 3 heterocycles. The first-order valence-electron chi connectivity index (χ1n) is 13.9. The number of carbonyl (C=O) groups excluding carboxylic acids is 3. The van der Waals surface area contributed by atoms with Crippen molar-refractivity contribution in [3.8, 4) is 0 Å². The first kappa shape index (κ1) is 28.7. The molecule has 9 heteroatoms. The van der Waals surface area contributed by atoms with Crippen LogP contribution in [0.1, 0.15) is 60.3 Å². The Hall–Kier alpha value is -2.32. The molecule has 3 fully saturated rings.